The van der Waals surface area contributed by atoms with E-state index in [2.05, 4.69) is 10.6 Å². The van der Waals surface area contributed by atoms with Crippen LogP contribution in [-0.4, -0.2) is 70.4 Å². The Bertz CT molecular complexity index is 904. The first-order chi connectivity index (χ1) is 15.4. The monoisotopic (exact) mass is 466 g/mol. The van der Waals surface area contributed by atoms with Gasteiger partial charge in [-0.05, 0) is 24.1 Å². The maximum atomic E-state index is 12.6. The van der Waals surface area contributed by atoms with Crippen molar-refractivity contribution in [3.8, 4) is 5.75 Å². The van der Waals surface area contributed by atoms with Crippen LogP contribution in [0.5, 0.6) is 5.75 Å². The number of rotatable bonds is 13. The molecule has 3 atom stereocenters. The van der Waals surface area contributed by atoms with E-state index in [-0.39, 0.29) is 12.2 Å². The van der Waals surface area contributed by atoms with Crippen molar-refractivity contribution in [3.63, 3.8) is 0 Å². The van der Waals surface area contributed by atoms with Crippen molar-refractivity contribution in [1.82, 2.24) is 16.0 Å². The number of nitrogens with two attached hydrogens (primary N) is 3. The number of hydrogen-bond acceptors (Lipinski definition) is 8. The summed E-state index contributed by atoms with van der Waals surface area (Å²) in [7, 11) is 0. The molecule has 0 saturated heterocycles. The Kier molecular flexibility index (Phi) is 10.3. The molecular weight excluding hydrogens is 440 g/mol. The summed E-state index contributed by atoms with van der Waals surface area (Å²) in [6.07, 6.45) is -1.28. The summed E-state index contributed by atoms with van der Waals surface area (Å²) in [4.78, 5) is 70.4. The summed E-state index contributed by atoms with van der Waals surface area (Å²) in [6, 6.07) is 1.64. The average Bonchev–Trinajstić information content (AvgIpc) is 2.71. The van der Waals surface area contributed by atoms with Crippen molar-refractivity contribution in [2.24, 2.45) is 17.2 Å². The molecule has 1 rings (SSSR count). The number of amides is 5. The second kappa shape index (κ2) is 12.6. The molecule has 0 aliphatic carbocycles. The van der Waals surface area contributed by atoms with Gasteiger partial charge in [-0.15, -0.1) is 0 Å². The number of carboxylic acids is 1. The van der Waals surface area contributed by atoms with Crippen LogP contribution in [0.3, 0.4) is 0 Å². The molecule has 5 amide bonds. The zero-order valence-corrected chi connectivity index (χ0v) is 17.4. The number of nitrogens with one attached hydrogen (secondary N) is 3. The fourth-order valence-corrected chi connectivity index (χ4v) is 2.64. The molecule has 0 saturated carbocycles. The van der Waals surface area contributed by atoms with Gasteiger partial charge in [-0.2, -0.15) is 0 Å². The van der Waals surface area contributed by atoms with Gasteiger partial charge in [0.15, 0.2) is 0 Å². The number of carbonyl (C=O) groups excluding carboxylic acids is 5. The highest BCUT2D eigenvalue weighted by atomic mass is 16.4. The van der Waals surface area contributed by atoms with Crippen LogP contribution in [0.4, 0.5) is 0 Å². The quantitative estimate of drug-likeness (QED) is 0.141. The molecule has 3 unspecified atom stereocenters. The Morgan fingerprint density at radius 1 is 0.818 bits per heavy atom. The van der Waals surface area contributed by atoms with Crippen LogP contribution >= 0.6 is 0 Å². The summed E-state index contributed by atoms with van der Waals surface area (Å²) in [5, 5.41) is 24.3. The lowest BCUT2D eigenvalue weighted by molar-refractivity contribution is -0.139. The number of hydrogen-bond donors (Lipinski definition) is 8. The van der Waals surface area contributed by atoms with Crippen LogP contribution in [0.25, 0.3) is 0 Å². The summed E-state index contributed by atoms with van der Waals surface area (Å²) >= 11 is 0. The fourth-order valence-electron chi connectivity index (χ4n) is 2.64. The first-order valence-corrected chi connectivity index (χ1v) is 9.59. The Hall–Kier alpha value is -4.20. The van der Waals surface area contributed by atoms with Crippen LogP contribution in [0, 0.1) is 0 Å². The largest absolute Gasteiger partial charge is 0.508 e. The minimum absolute atomic E-state index is 0.0212. The number of aromatic hydroxyl groups is 1. The lowest BCUT2D eigenvalue weighted by Gasteiger charge is -2.23. The predicted molar refractivity (Wildman–Crippen MR) is 112 cm³/mol. The predicted octanol–water partition coefficient (Wildman–Crippen LogP) is -3.82. The lowest BCUT2D eigenvalue weighted by Crippen LogP contribution is -2.57. The zero-order chi connectivity index (χ0) is 25.1. The summed E-state index contributed by atoms with van der Waals surface area (Å²) < 4.78 is 0. The number of aliphatic carboxylic acids is 1. The van der Waals surface area contributed by atoms with Gasteiger partial charge in [0.05, 0.1) is 18.9 Å². The first kappa shape index (κ1) is 26.8. The number of phenols is 1. The second-order valence-corrected chi connectivity index (χ2v) is 7.05. The van der Waals surface area contributed by atoms with Gasteiger partial charge in [-0.3, -0.25) is 28.8 Å². The molecule has 0 aliphatic rings. The number of benzene rings is 1. The molecule has 33 heavy (non-hydrogen) atoms. The van der Waals surface area contributed by atoms with Gasteiger partial charge in [-0.25, -0.2) is 0 Å². The molecule has 14 heteroatoms. The Morgan fingerprint density at radius 2 is 1.30 bits per heavy atom. The molecule has 0 spiro atoms. The molecule has 0 heterocycles. The third-order valence-electron chi connectivity index (χ3n) is 4.22. The van der Waals surface area contributed by atoms with Crippen molar-refractivity contribution in [1.29, 1.82) is 0 Å². The highest BCUT2D eigenvalue weighted by Crippen LogP contribution is 2.11. The van der Waals surface area contributed by atoms with E-state index in [0.717, 1.165) is 0 Å². The van der Waals surface area contributed by atoms with Crippen LogP contribution in [0.2, 0.25) is 0 Å². The van der Waals surface area contributed by atoms with E-state index in [9.17, 15) is 33.9 Å². The van der Waals surface area contributed by atoms with E-state index >= 15 is 0 Å². The van der Waals surface area contributed by atoms with Gasteiger partial charge in [0, 0.05) is 0 Å². The van der Waals surface area contributed by atoms with E-state index < -0.39 is 73.0 Å². The first-order valence-electron chi connectivity index (χ1n) is 9.59. The summed E-state index contributed by atoms with van der Waals surface area (Å²) in [5.74, 6) is -6.15. The Balaban J connectivity index is 2.89. The number of phenolic OH excluding ortho intramolecular Hbond substituents is 1. The van der Waals surface area contributed by atoms with Gasteiger partial charge >= 0.3 is 5.97 Å². The zero-order valence-electron chi connectivity index (χ0n) is 17.4. The molecular formula is C19H26N6O8. The molecule has 1 aromatic rings. The normalized spacial score (nSPS) is 13.1. The Morgan fingerprint density at radius 3 is 1.79 bits per heavy atom. The minimum Gasteiger partial charge on any atom is -0.508 e. The second-order valence-electron chi connectivity index (χ2n) is 7.05. The van der Waals surface area contributed by atoms with E-state index in [1.807, 2.05) is 5.32 Å². The molecule has 0 aromatic heterocycles. The van der Waals surface area contributed by atoms with Crippen molar-refractivity contribution in [2.75, 3.05) is 6.54 Å². The highest BCUT2D eigenvalue weighted by Gasteiger charge is 2.30. The minimum atomic E-state index is -1.56. The molecule has 0 bridgehead atoms. The molecule has 180 valence electrons. The van der Waals surface area contributed by atoms with E-state index in [4.69, 9.17) is 22.3 Å². The van der Waals surface area contributed by atoms with Crippen molar-refractivity contribution in [3.05, 3.63) is 29.8 Å². The number of carboxylic acid groups (broad SMARTS) is 1. The number of carbonyl (C=O) groups is 6. The third kappa shape index (κ3) is 10.1. The topological polar surface area (TPSA) is 257 Å². The lowest BCUT2D eigenvalue weighted by atomic mass is 10.0. The van der Waals surface area contributed by atoms with Crippen LogP contribution < -0.4 is 33.2 Å². The van der Waals surface area contributed by atoms with Gasteiger partial charge in [-0.1, -0.05) is 12.1 Å². The molecule has 1 aromatic carbocycles. The van der Waals surface area contributed by atoms with E-state index in [1.54, 1.807) is 12.1 Å². The highest BCUT2D eigenvalue weighted by molar-refractivity contribution is 5.97. The van der Waals surface area contributed by atoms with E-state index in [1.165, 1.54) is 12.1 Å². The van der Waals surface area contributed by atoms with Crippen molar-refractivity contribution >= 4 is 35.5 Å². The molecule has 11 N–H and O–H groups in total. The smallest absolute Gasteiger partial charge is 0.322 e. The van der Waals surface area contributed by atoms with E-state index in [0.29, 0.717) is 5.56 Å². The maximum Gasteiger partial charge on any atom is 0.322 e. The molecule has 0 fully saturated rings. The molecule has 0 aliphatic heterocycles. The number of primary amides is 2. The average molecular weight is 466 g/mol. The summed E-state index contributed by atoms with van der Waals surface area (Å²) in [6.45, 7) is -0.780. The Labute approximate surface area is 187 Å². The van der Waals surface area contributed by atoms with Gasteiger partial charge in [0.1, 0.15) is 24.4 Å². The van der Waals surface area contributed by atoms with Crippen molar-refractivity contribution in [2.45, 2.75) is 37.4 Å². The van der Waals surface area contributed by atoms with Gasteiger partial charge < -0.3 is 43.4 Å². The van der Waals surface area contributed by atoms with Crippen molar-refractivity contribution < 1.29 is 39.0 Å². The SMILES string of the molecule is NC(=O)CC(NC(=O)C(N)Cc1ccc(O)cc1)C(=O)NC(CC(N)=O)C(=O)NCC(=O)O. The molecule has 14 nitrogen and oxygen atoms in total. The maximum absolute atomic E-state index is 12.6. The standard InChI is InChI=1S/C19H26N6O8/c20-11(5-9-1-3-10(26)4-2-9)17(31)24-13(7-15(22)28)19(33)25-12(6-14(21)27)18(32)23-8-16(29)30/h1-4,11-13,26H,5-8,20H2,(H2,21,27)(H2,22,28)(H,23,32)(H,24,31)(H,25,33)(H,29,30). The van der Waals surface area contributed by atoms with Crippen LogP contribution in [-0.2, 0) is 35.2 Å². The van der Waals surface area contributed by atoms with Gasteiger partial charge in [0.25, 0.3) is 0 Å². The summed E-state index contributed by atoms with van der Waals surface area (Å²) in [5.41, 5.74) is 16.6. The fraction of sp³-hybridized carbons (Fsp3) is 0.368. The third-order valence-corrected chi connectivity index (χ3v) is 4.22. The van der Waals surface area contributed by atoms with Crippen LogP contribution in [0.15, 0.2) is 24.3 Å². The molecule has 0 radical (unpaired) electrons. The van der Waals surface area contributed by atoms with Gasteiger partial charge in [0.2, 0.25) is 29.5 Å². The van der Waals surface area contributed by atoms with Crippen LogP contribution in [0.1, 0.15) is 18.4 Å².